The zero-order chi connectivity index (χ0) is 35.5. The molecule has 2 rings (SSSR count). The minimum absolute atomic E-state index is 0.0784. The lowest BCUT2D eigenvalue weighted by Gasteiger charge is -2.33. The second kappa shape index (κ2) is 21.9. The standard InChI is InChI=1S/C39H56N4O5/c1-7-12-23-34(44)37(46)33(27-30-21-17-14-18-22-30)40-39(48)36(31(8-2)9-3)41-38(47)32(26-29-19-15-13-16-20-29)28-35(45)42(6)24-25-43(10-4)11-5/h1-3,13,15-16,19-20,30-34,36-37,44,46H,10-12,14,17-18,21-28H2,4-6H3,(H,40,48)(H,41,47). The van der Waals surface area contributed by atoms with Crippen molar-refractivity contribution in [1.82, 2.24) is 20.4 Å². The molecule has 1 saturated carbocycles. The zero-order valence-electron chi connectivity index (χ0n) is 29.1. The normalized spacial score (nSPS) is 16.4. The Morgan fingerprint density at radius 2 is 1.58 bits per heavy atom. The van der Waals surface area contributed by atoms with Crippen molar-refractivity contribution in [3.8, 4) is 37.0 Å². The molecule has 9 heteroatoms. The van der Waals surface area contributed by atoms with E-state index in [9.17, 15) is 24.6 Å². The molecule has 1 aromatic carbocycles. The number of hydrogen-bond donors (Lipinski definition) is 4. The lowest BCUT2D eigenvalue weighted by Crippen LogP contribution is -2.57. The number of aliphatic hydroxyl groups excluding tert-OH is 2. The molecule has 0 aromatic heterocycles. The van der Waals surface area contributed by atoms with E-state index in [0.717, 1.165) is 50.8 Å². The average Bonchev–Trinajstić information content (AvgIpc) is 3.10. The monoisotopic (exact) mass is 660 g/mol. The number of nitrogens with zero attached hydrogens (tertiary/aromatic N) is 2. The fraction of sp³-hybridized carbons (Fsp3) is 0.615. The SMILES string of the molecule is C#CCCC(O)C(O)C(CC1CCCCC1)NC(=O)C(NC(=O)C(CC(=O)N(C)CCN(CC)CC)Cc1ccccc1)C(C#C)C#C. The van der Waals surface area contributed by atoms with E-state index >= 15 is 0 Å². The van der Waals surface area contributed by atoms with Gasteiger partial charge >= 0.3 is 0 Å². The molecule has 9 nitrogen and oxygen atoms in total. The fourth-order valence-electron chi connectivity index (χ4n) is 6.30. The molecule has 0 heterocycles. The summed E-state index contributed by atoms with van der Waals surface area (Å²) in [6, 6.07) is 7.22. The van der Waals surface area contributed by atoms with E-state index in [1.165, 1.54) is 0 Å². The maximum absolute atomic E-state index is 14.0. The second-order valence-corrected chi connectivity index (χ2v) is 12.9. The quantitative estimate of drug-likeness (QED) is 0.160. The number of rotatable bonds is 20. The van der Waals surface area contributed by atoms with Gasteiger partial charge < -0.3 is 30.6 Å². The van der Waals surface area contributed by atoms with E-state index in [4.69, 9.17) is 19.3 Å². The Kier molecular flexibility index (Phi) is 18.5. The van der Waals surface area contributed by atoms with E-state index in [2.05, 4.69) is 47.1 Å². The highest BCUT2D eigenvalue weighted by Gasteiger charge is 2.36. The predicted octanol–water partition coefficient (Wildman–Crippen LogP) is 2.99. The number of benzene rings is 1. The maximum Gasteiger partial charge on any atom is 0.245 e. The molecule has 1 aromatic rings. The van der Waals surface area contributed by atoms with Crippen molar-refractivity contribution in [1.29, 1.82) is 0 Å². The van der Waals surface area contributed by atoms with Gasteiger partial charge in [0, 0.05) is 33.0 Å². The zero-order valence-corrected chi connectivity index (χ0v) is 29.1. The van der Waals surface area contributed by atoms with Crippen LogP contribution in [0.1, 0.15) is 77.2 Å². The molecule has 5 atom stereocenters. The number of hydrogen-bond acceptors (Lipinski definition) is 6. The molecule has 48 heavy (non-hydrogen) atoms. The first-order chi connectivity index (χ1) is 23.1. The minimum atomic E-state index is -1.33. The fourth-order valence-corrected chi connectivity index (χ4v) is 6.30. The third-order valence-corrected chi connectivity index (χ3v) is 9.49. The van der Waals surface area contributed by atoms with E-state index in [1.54, 1.807) is 11.9 Å². The van der Waals surface area contributed by atoms with Crippen molar-refractivity contribution in [3.05, 3.63) is 35.9 Å². The van der Waals surface area contributed by atoms with E-state index < -0.39 is 47.9 Å². The van der Waals surface area contributed by atoms with Crippen molar-refractivity contribution < 1.29 is 24.6 Å². The van der Waals surface area contributed by atoms with Gasteiger partial charge in [0.05, 0.1) is 18.1 Å². The van der Waals surface area contributed by atoms with Crippen molar-refractivity contribution in [2.24, 2.45) is 17.8 Å². The van der Waals surface area contributed by atoms with Crippen LogP contribution < -0.4 is 10.6 Å². The van der Waals surface area contributed by atoms with Gasteiger partial charge in [0.25, 0.3) is 0 Å². The number of aliphatic hydroxyl groups is 2. The molecule has 1 fully saturated rings. The summed E-state index contributed by atoms with van der Waals surface area (Å²) in [7, 11) is 1.72. The first-order valence-electron chi connectivity index (χ1n) is 17.4. The van der Waals surface area contributed by atoms with Crippen molar-refractivity contribution in [3.63, 3.8) is 0 Å². The van der Waals surface area contributed by atoms with Gasteiger partial charge in [-0.25, -0.2) is 0 Å². The first-order valence-corrected chi connectivity index (χ1v) is 17.4. The van der Waals surface area contributed by atoms with Gasteiger partial charge in [0.2, 0.25) is 17.7 Å². The molecule has 3 amide bonds. The molecule has 0 aliphatic heterocycles. The second-order valence-electron chi connectivity index (χ2n) is 12.9. The Bertz CT molecular complexity index is 1240. The van der Waals surface area contributed by atoms with Crippen molar-refractivity contribution in [2.75, 3.05) is 33.2 Å². The average molecular weight is 661 g/mol. The Hall–Kier alpha value is -3.81. The first kappa shape index (κ1) is 40.4. The molecule has 0 spiro atoms. The smallest absolute Gasteiger partial charge is 0.245 e. The Balaban J connectivity index is 2.31. The van der Waals surface area contributed by atoms with Crippen LogP contribution in [-0.4, -0.2) is 95.3 Å². The lowest BCUT2D eigenvalue weighted by atomic mass is 9.82. The van der Waals surface area contributed by atoms with E-state index in [1.807, 2.05) is 30.3 Å². The molecule has 0 radical (unpaired) electrons. The molecular weight excluding hydrogens is 604 g/mol. The van der Waals surface area contributed by atoms with Gasteiger partial charge in [-0.1, -0.05) is 88.1 Å². The number of carbonyl (C=O) groups excluding carboxylic acids is 3. The van der Waals surface area contributed by atoms with E-state index in [0.29, 0.717) is 19.5 Å². The molecule has 5 unspecified atom stereocenters. The third-order valence-electron chi connectivity index (χ3n) is 9.49. The Morgan fingerprint density at radius 3 is 2.17 bits per heavy atom. The highest BCUT2D eigenvalue weighted by molar-refractivity contribution is 5.91. The van der Waals surface area contributed by atoms with Crippen LogP contribution in [0.25, 0.3) is 0 Å². The maximum atomic E-state index is 14.0. The number of terminal acetylenes is 3. The summed E-state index contributed by atoms with van der Waals surface area (Å²) >= 11 is 0. The van der Waals surface area contributed by atoms with Crippen LogP contribution in [0, 0.1) is 54.8 Å². The van der Waals surface area contributed by atoms with Crippen molar-refractivity contribution >= 4 is 17.7 Å². The highest BCUT2D eigenvalue weighted by atomic mass is 16.3. The van der Waals surface area contributed by atoms with Crippen LogP contribution in [-0.2, 0) is 20.8 Å². The molecule has 262 valence electrons. The number of amides is 3. The van der Waals surface area contributed by atoms with Crippen LogP contribution in [0.3, 0.4) is 0 Å². The summed E-state index contributed by atoms with van der Waals surface area (Å²) in [5.41, 5.74) is 0.860. The van der Waals surface area contributed by atoms with Crippen LogP contribution in [0.4, 0.5) is 0 Å². The Labute approximate surface area is 288 Å². The molecule has 1 aliphatic rings. The highest BCUT2D eigenvalue weighted by Crippen LogP contribution is 2.29. The van der Waals surface area contributed by atoms with Gasteiger partial charge in [-0.3, -0.25) is 14.4 Å². The minimum Gasteiger partial charge on any atom is -0.390 e. The van der Waals surface area contributed by atoms with Crippen LogP contribution in [0.5, 0.6) is 0 Å². The van der Waals surface area contributed by atoms with Crippen LogP contribution in [0.2, 0.25) is 0 Å². The summed E-state index contributed by atoms with van der Waals surface area (Å²) in [6.07, 6.45) is 20.7. The topological polar surface area (TPSA) is 122 Å². The van der Waals surface area contributed by atoms with Gasteiger partial charge in [0.1, 0.15) is 18.1 Å². The van der Waals surface area contributed by atoms with Gasteiger partial charge in [0.15, 0.2) is 0 Å². The molecule has 1 aliphatic carbocycles. The van der Waals surface area contributed by atoms with E-state index in [-0.39, 0.29) is 37.5 Å². The summed E-state index contributed by atoms with van der Waals surface area (Å²) in [5, 5.41) is 27.5. The summed E-state index contributed by atoms with van der Waals surface area (Å²) in [6.45, 7) is 7.10. The molecule has 0 saturated heterocycles. The van der Waals surface area contributed by atoms with Crippen LogP contribution in [0.15, 0.2) is 30.3 Å². The summed E-state index contributed by atoms with van der Waals surface area (Å²) in [4.78, 5) is 45.1. The molecular formula is C39H56N4O5. The summed E-state index contributed by atoms with van der Waals surface area (Å²) < 4.78 is 0. The third kappa shape index (κ3) is 13.4. The lowest BCUT2D eigenvalue weighted by molar-refractivity contribution is -0.137. The number of carbonyl (C=O) groups is 3. The molecule has 4 N–H and O–H groups in total. The van der Waals surface area contributed by atoms with Gasteiger partial charge in [-0.2, -0.15) is 0 Å². The predicted molar refractivity (Wildman–Crippen MR) is 190 cm³/mol. The molecule has 0 bridgehead atoms. The largest absolute Gasteiger partial charge is 0.390 e. The van der Waals surface area contributed by atoms with Crippen molar-refractivity contribution in [2.45, 2.75) is 102 Å². The summed E-state index contributed by atoms with van der Waals surface area (Å²) in [5.74, 6) is 4.30. The van der Waals surface area contributed by atoms with Gasteiger partial charge in [-0.05, 0) is 43.8 Å². The Morgan fingerprint density at radius 1 is 0.938 bits per heavy atom. The number of nitrogens with one attached hydrogen (secondary N) is 2. The van der Waals surface area contributed by atoms with Crippen LogP contribution >= 0.6 is 0 Å². The van der Waals surface area contributed by atoms with Gasteiger partial charge in [-0.15, -0.1) is 25.2 Å². The number of likely N-dealkylation sites (N-methyl/N-ethyl adjacent to an activating group) is 2.